The second-order valence-corrected chi connectivity index (χ2v) is 29.3. The predicted octanol–water partition coefficient (Wildman–Crippen LogP) is 25.2. The number of Topliss-reactive ketones (excluding diaryl/α,β-unsaturated/α-hetero) is 1. The number of nitrogens with two attached hydrogens (primary N) is 1. The Labute approximate surface area is 767 Å². The van der Waals surface area contributed by atoms with E-state index in [0.717, 1.165) is 154 Å². The van der Waals surface area contributed by atoms with Crippen LogP contribution in [0.15, 0.2) is 292 Å². The average molecular weight is 1750 g/mol. The van der Waals surface area contributed by atoms with Crippen LogP contribution >= 0.6 is 0 Å². The molecule has 0 spiro atoms. The van der Waals surface area contributed by atoms with E-state index in [1.54, 1.807) is 27.7 Å². The summed E-state index contributed by atoms with van der Waals surface area (Å²) in [5.41, 5.74) is 5.64. The molecule has 0 radical (unpaired) electrons. The number of esters is 4. The van der Waals surface area contributed by atoms with Crippen LogP contribution in [0.2, 0.25) is 0 Å². The Hall–Kier alpha value is -10.9. The van der Waals surface area contributed by atoms with E-state index in [4.69, 9.17) is 20.3 Å². The van der Waals surface area contributed by atoms with Gasteiger partial charge in [0, 0.05) is 25.7 Å². The van der Waals surface area contributed by atoms with Gasteiger partial charge < -0.3 is 45.7 Å². The van der Waals surface area contributed by atoms with Gasteiger partial charge in [0.05, 0.1) is 26.2 Å². The van der Waals surface area contributed by atoms with Crippen molar-refractivity contribution in [1.29, 1.82) is 0 Å². The zero-order chi connectivity index (χ0) is 94.8. The highest BCUT2D eigenvalue weighted by Gasteiger charge is 2.28. The molecule has 0 aromatic rings. The first kappa shape index (κ1) is 122. The second-order valence-electron chi connectivity index (χ2n) is 29.3. The number of carboxylic acids is 1. The predicted molar refractivity (Wildman–Crippen MR) is 533 cm³/mol. The van der Waals surface area contributed by atoms with Crippen LogP contribution in [-0.4, -0.2) is 109 Å². The normalized spacial score (nSPS) is 14.3. The molecule has 0 unspecified atom stereocenters. The van der Waals surface area contributed by atoms with Crippen LogP contribution in [0, 0.1) is 5.92 Å². The molecule has 7 atom stereocenters. The van der Waals surface area contributed by atoms with Crippen LogP contribution < -0.4 is 21.7 Å². The number of ether oxygens (including phenoxy) is 4. The van der Waals surface area contributed by atoms with Gasteiger partial charge in [-0.15, -0.1) is 0 Å². The summed E-state index contributed by atoms with van der Waals surface area (Å²) in [6, 6.07) is -3.10. The van der Waals surface area contributed by atoms with Crippen LogP contribution in [-0.2, 0) is 62.1 Å². The number of rotatable bonds is 68. The number of allylic oxidation sites excluding steroid dienone is 48. The number of aliphatic carboxylic acids is 1. The van der Waals surface area contributed by atoms with Crippen LogP contribution in [0.5, 0.6) is 0 Å². The van der Waals surface area contributed by atoms with Gasteiger partial charge in [-0.3, -0.25) is 33.6 Å². The Morgan fingerprint density at radius 1 is 0.260 bits per heavy atom. The third kappa shape index (κ3) is 94.1. The molecule has 0 bridgehead atoms. The summed E-state index contributed by atoms with van der Waals surface area (Å²) in [7, 11) is 2.49. The van der Waals surface area contributed by atoms with Gasteiger partial charge in [-0.25, -0.2) is 9.59 Å². The molecule has 0 saturated heterocycles. The van der Waals surface area contributed by atoms with Crippen molar-refractivity contribution in [2.75, 3.05) is 14.2 Å². The maximum Gasteiger partial charge on any atom is 0.328 e. The minimum atomic E-state index is -1.08. The number of ketones is 1. The Bertz CT molecular complexity index is 3500. The maximum absolute atomic E-state index is 12.1. The van der Waals surface area contributed by atoms with E-state index in [2.05, 4.69) is 302 Å². The lowest BCUT2D eigenvalue weighted by Crippen LogP contribution is -2.47. The molecule has 0 aromatic carbocycles. The SMILES string of the molecule is CC/C=C\C/C=C\C/C=C\C/C=C\C/C=C\C/C=C\CCC(=O)N[C@@H](C)C(=O)O[C@H](C)[C@H](C)C(=O)OC.CC/C=C\C/C=C\C/C=C\C/C=C\C/C=C\C/C=C\CCC(=O)N[C@@H](C)C(=O)O[C@H](C)[C@H](N)C(=O)OC.CC/C=C\C/C=C\C/C=C\C/C=C\C/C=C\C/C=C\CCC(=O)N[C@@H](C)C(C)=O.CC/C=C\C/C=C\C/C=C\C/C=C\C/C=C\C/C=C\CCC(=O)O. The quantitative estimate of drug-likeness (QED) is 0.0215. The largest absolute Gasteiger partial charge is 0.481 e. The number of hydrogen-bond acceptors (Lipinski definition) is 14. The van der Waals surface area contributed by atoms with E-state index in [1.165, 1.54) is 35.0 Å². The third-order valence-electron chi connectivity index (χ3n) is 17.8. The van der Waals surface area contributed by atoms with Gasteiger partial charge in [0.15, 0.2) is 5.78 Å². The highest BCUT2D eigenvalue weighted by Crippen LogP contribution is 2.12. The lowest BCUT2D eigenvalue weighted by Gasteiger charge is -2.21. The molecule has 0 heterocycles. The van der Waals surface area contributed by atoms with Crippen LogP contribution in [0.25, 0.3) is 0 Å². The summed E-state index contributed by atoms with van der Waals surface area (Å²) in [6.45, 7) is 19.6. The molecule has 0 aliphatic rings. The summed E-state index contributed by atoms with van der Waals surface area (Å²) in [6.07, 6.45) is 128. The first-order chi connectivity index (χ1) is 61.5. The van der Waals surface area contributed by atoms with E-state index in [9.17, 15) is 43.2 Å². The van der Waals surface area contributed by atoms with Gasteiger partial charge >= 0.3 is 29.8 Å². The monoisotopic (exact) mass is 1750 g/mol. The standard InChI is InChI=1S/C31H47NO5.C30H46N2O5.C26H39NO2.C22H32O2/c1-6-7-8-9-10-11-12-13-14-15-16-17-18-19-20-21-22-23-24-25-29(33)32-27(3)31(35)37-28(4)26(2)30(34)36-5;1-5-6-7-8-9-10-11-12-13-14-15-16-17-18-19-20-21-22-23-24-27(33)32-25(2)29(34)37-26(3)28(31)30(35)36-4;1-4-5-6-7-8-9-10-11-12-13-14-15-16-17-18-19-20-21-22-23-26(29)27-24(2)25(3)28;1-2-3-4-5-6-7-8-9-10-11-12-13-14-15-16-17-18-19-20-21-22(23)24/h7-8,10-11,13-14,16-17,19-20,22-23,26-28H,6,9,12,15,18,21,24-25H2,1-5H3,(H,32,33);6-7,9-10,12-13,15-16,18-19,21-22,25-26,28H,5,8,11,14,17,20,23-24,31H2,1-4H3,(H,32,33);5-6,8-9,11-12,14-15,17-18,20-21,24H,4,7,10,13,16,19,22-23H2,1-3H3,(H,27,29);3-4,6-7,9-10,12-13,15-16,18-19H,2,5,8,11,14,17,20-21H2,1H3,(H,23,24)/b8-7-,11-10-,14-13-,17-16-,20-19-,23-22-;7-6-,10-9-,13-12-,16-15-,19-18-,22-21-;6-5-,9-8-,12-11-,15-14-,18-17-,21-20-;4-3-,7-6-,10-9-,13-12-,16-15-,19-18-/t26-,27-,28+;25-,26+,28-;24-;/m000./s1. The number of nitrogens with one attached hydrogen (secondary N) is 3. The van der Waals surface area contributed by atoms with Crippen LogP contribution in [0.1, 0.15) is 282 Å². The fraction of sp³-hybridized carbons (Fsp3) is 0.477. The molecule has 0 aromatic heterocycles. The molecule has 3 amide bonds. The molecule has 0 aliphatic carbocycles. The number of carbonyl (C=O) groups is 9. The van der Waals surface area contributed by atoms with Crippen molar-refractivity contribution in [2.45, 2.75) is 318 Å². The number of amides is 3. The van der Waals surface area contributed by atoms with Crippen molar-refractivity contribution in [3.05, 3.63) is 292 Å². The fourth-order valence-corrected chi connectivity index (χ4v) is 10.0. The van der Waals surface area contributed by atoms with Gasteiger partial charge in [0.25, 0.3) is 0 Å². The molecular formula is C109H164N4O14. The highest BCUT2D eigenvalue weighted by molar-refractivity contribution is 5.87. The summed E-state index contributed by atoms with van der Waals surface area (Å²) in [4.78, 5) is 104. The lowest BCUT2D eigenvalue weighted by atomic mass is 10.1. The zero-order valence-electron chi connectivity index (χ0n) is 79.7. The minimum Gasteiger partial charge on any atom is -0.481 e. The summed E-state index contributed by atoms with van der Waals surface area (Å²) >= 11 is 0. The number of carbonyl (C=O) groups excluding carboxylic acids is 8. The second kappa shape index (κ2) is 97.3. The summed E-state index contributed by atoms with van der Waals surface area (Å²) in [5, 5.41) is 16.4. The smallest absolute Gasteiger partial charge is 0.328 e. The minimum absolute atomic E-state index is 0.0210. The molecule has 0 aliphatic heterocycles. The average Bonchev–Trinajstić information content (AvgIpc) is 0.903. The molecule has 18 heteroatoms. The van der Waals surface area contributed by atoms with Gasteiger partial charge in [0.1, 0.15) is 30.3 Å². The first-order valence-corrected chi connectivity index (χ1v) is 46.0. The zero-order valence-corrected chi connectivity index (χ0v) is 79.7. The van der Waals surface area contributed by atoms with Crippen molar-refractivity contribution in [1.82, 2.24) is 16.0 Å². The molecular weight excluding hydrogens is 1590 g/mol. The van der Waals surface area contributed by atoms with Crippen molar-refractivity contribution in [2.24, 2.45) is 11.7 Å². The van der Waals surface area contributed by atoms with E-state index < -0.39 is 72.1 Å². The molecule has 0 saturated carbocycles. The first-order valence-electron chi connectivity index (χ1n) is 46.0. The van der Waals surface area contributed by atoms with E-state index in [0.29, 0.717) is 32.1 Å². The summed E-state index contributed by atoms with van der Waals surface area (Å²) < 4.78 is 19.6. The number of hydrogen-bond donors (Lipinski definition) is 5. The van der Waals surface area contributed by atoms with E-state index in [-0.39, 0.29) is 42.8 Å². The van der Waals surface area contributed by atoms with Crippen LogP contribution in [0.3, 0.4) is 0 Å². The highest BCUT2D eigenvalue weighted by atomic mass is 16.6. The van der Waals surface area contributed by atoms with Crippen molar-refractivity contribution in [3.63, 3.8) is 0 Å². The maximum atomic E-state index is 12.1. The van der Waals surface area contributed by atoms with Gasteiger partial charge in [-0.05, 0) is 228 Å². The third-order valence-corrected chi connectivity index (χ3v) is 17.8. The Morgan fingerprint density at radius 3 is 0.630 bits per heavy atom. The van der Waals surface area contributed by atoms with E-state index >= 15 is 0 Å². The molecule has 18 nitrogen and oxygen atoms in total. The van der Waals surface area contributed by atoms with Crippen molar-refractivity contribution >= 4 is 53.4 Å². The van der Waals surface area contributed by atoms with Crippen molar-refractivity contribution < 1.29 is 67.2 Å². The molecule has 0 rings (SSSR count). The number of carboxylic acid groups (broad SMARTS) is 1. The lowest BCUT2D eigenvalue weighted by molar-refractivity contribution is -0.161. The van der Waals surface area contributed by atoms with E-state index in [1.807, 2.05) is 42.5 Å². The molecule has 704 valence electrons. The van der Waals surface area contributed by atoms with Crippen molar-refractivity contribution in [3.8, 4) is 0 Å². The summed E-state index contributed by atoms with van der Waals surface area (Å²) in [5.74, 6) is -4.26. The Kier molecular flexibility index (Phi) is 93.9. The Morgan fingerprint density at radius 2 is 0.441 bits per heavy atom. The fourth-order valence-electron chi connectivity index (χ4n) is 10.0. The van der Waals surface area contributed by atoms with Gasteiger partial charge in [-0.1, -0.05) is 319 Å². The Balaban J connectivity index is -0.000000805. The molecule has 6 N–H and O–H groups in total. The topological polar surface area (TPSA) is 273 Å². The molecule has 127 heavy (non-hydrogen) atoms. The molecule has 0 fully saturated rings. The van der Waals surface area contributed by atoms with Gasteiger partial charge in [-0.2, -0.15) is 0 Å². The number of methoxy groups -OCH3 is 2. The van der Waals surface area contributed by atoms with Gasteiger partial charge in [0.2, 0.25) is 17.7 Å². The van der Waals surface area contributed by atoms with Crippen LogP contribution in [0.4, 0.5) is 0 Å².